The Morgan fingerprint density at radius 2 is 1.86 bits per heavy atom. The molecule has 0 aromatic heterocycles. The molecule has 0 bridgehead atoms. The molecular weight excluding hydrogens is 422 g/mol. The number of hydrogen-bond acceptors (Lipinski definition) is 7. The highest BCUT2D eigenvalue weighted by molar-refractivity contribution is 7.89. The smallest absolute Gasteiger partial charge is 0.246 e. The van der Waals surface area contributed by atoms with Crippen LogP contribution in [0.1, 0.15) is 12.8 Å². The number of rotatable bonds is 6. The minimum atomic E-state index is -3.85. The number of carbonyl (C=O) groups is 1. The van der Waals surface area contributed by atoms with Gasteiger partial charge in [0, 0.05) is 25.3 Å². The molecule has 2 heterocycles. The van der Waals surface area contributed by atoms with E-state index in [-0.39, 0.29) is 36.0 Å². The van der Waals surface area contributed by atoms with Crippen LogP contribution in [0.2, 0.25) is 0 Å². The van der Waals surface area contributed by atoms with Crippen LogP contribution in [0, 0.1) is 0 Å². The normalized spacial score (nSPS) is 21.8. The molecule has 0 saturated carbocycles. The lowest BCUT2D eigenvalue weighted by Gasteiger charge is -2.27. The Bertz CT molecular complexity index is 973. The molecule has 2 aliphatic heterocycles. The number of sulfonamides is 2. The Kier molecular flexibility index (Phi) is 6.48. The number of carbonyl (C=O) groups excluding carboxylic acids is 1. The van der Waals surface area contributed by atoms with Crippen LogP contribution in [-0.4, -0.2) is 83.6 Å². The Morgan fingerprint density at radius 1 is 1.17 bits per heavy atom. The summed E-state index contributed by atoms with van der Waals surface area (Å²) < 4.78 is 62.7. The summed E-state index contributed by atoms with van der Waals surface area (Å²) in [5.74, 6) is -0.332. The van der Waals surface area contributed by atoms with E-state index in [1.807, 2.05) is 0 Å². The average Bonchev–Trinajstić information content (AvgIpc) is 3.19. The molecule has 1 atom stereocenters. The molecule has 0 radical (unpaired) electrons. The van der Waals surface area contributed by atoms with Crippen molar-refractivity contribution in [2.75, 3.05) is 51.5 Å². The summed E-state index contributed by atoms with van der Waals surface area (Å²) in [7, 11) is -5.98. The molecule has 1 N–H and O–H groups in total. The fourth-order valence-corrected chi connectivity index (χ4v) is 6.22. The number of nitrogens with zero attached hydrogens (tertiary/aromatic N) is 2. The Hall–Kier alpha value is -1.73. The van der Waals surface area contributed by atoms with Crippen molar-refractivity contribution in [2.45, 2.75) is 23.8 Å². The van der Waals surface area contributed by atoms with E-state index in [0.29, 0.717) is 26.1 Å². The van der Waals surface area contributed by atoms with Gasteiger partial charge in [0.05, 0.1) is 26.6 Å². The third-order valence-electron chi connectivity index (χ3n) is 4.95. The second-order valence-corrected chi connectivity index (χ2v) is 10.7. The van der Waals surface area contributed by atoms with Crippen molar-refractivity contribution in [2.24, 2.45) is 0 Å². The zero-order valence-electron chi connectivity index (χ0n) is 16.3. The van der Waals surface area contributed by atoms with E-state index in [4.69, 9.17) is 9.47 Å². The summed E-state index contributed by atoms with van der Waals surface area (Å²) in [5.41, 5.74) is 0.253. The van der Waals surface area contributed by atoms with Gasteiger partial charge in [-0.25, -0.2) is 16.8 Å². The average molecular weight is 448 g/mol. The number of ether oxygens (including phenoxy) is 2. The largest absolute Gasteiger partial charge is 0.495 e. The first-order valence-corrected chi connectivity index (χ1v) is 12.5. The van der Waals surface area contributed by atoms with E-state index in [1.165, 1.54) is 29.6 Å². The van der Waals surface area contributed by atoms with Crippen LogP contribution >= 0.6 is 0 Å². The fourth-order valence-electron chi connectivity index (χ4n) is 3.51. The van der Waals surface area contributed by atoms with E-state index >= 15 is 0 Å². The molecule has 0 aliphatic carbocycles. The molecule has 10 nitrogen and oxygen atoms in total. The molecule has 29 heavy (non-hydrogen) atoms. The molecule has 3 rings (SSSR count). The van der Waals surface area contributed by atoms with Gasteiger partial charge < -0.3 is 14.8 Å². The second-order valence-electron chi connectivity index (χ2n) is 6.90. The van der Waals surface area contributed by atoms with Crippen molar-refractivity contribution in [1.29, 1.82) is 0 Å². The highest BCUT2D eigenvalue weighted by Gasteiger charge is 2.37. The SMILES string of the molecule is COc1ccc(NC(=O)[C@H]2CCCN2S(C)(=O)=O)cc1S(=O)(=O)N1CCOCC1. The first-order valence-electron chi connectivity index (χ1n) is 9.18. The maximum absolute atomic E-state index is 13.0. The van der Waals surface area contributed by atoms with Gasteiger partial charge in [-0.1, -0.05) is 0 Å². The van der Waals surface area contributed by atoms with E-state index in [1.54, 1.807) is 0 Å². The summed E-state index contributed by atoms with van der Waals surface area (Å²) >= 11 is 0. The minimum absolute atomic E-state index is 0.0638. The Labute approximate surface area is 170 Å². The van der Waals surface area contributed by atoms with Crippen LogP contribution in [0.4, 0.5) is 5.69 Å². The molecule has 2 saturated heterocycles. The number of benzene rings is 1. The lowest BCUT2D eigenvalue weighted by molar-refractivity contribution is -0.119. The molecule has 1 amide bonds. The van der Waals surface area contributed by atoms with Gasteiger partial charge in [0.15, 0.2) is 0 Å². The monoisotopic (exact) mass is 447 g/mol. The number of morpholine rings is 1. The van der Waals surface area contributed by atoms with Gasteiger partial charge in [0.1, 0.15) is 16.7 Å². The van der Waals surface area contributed by atoms with E-state index in [9.17, 15) is 21.6 Å². The van der Waals surface area contributed by atoms with Crippen molar-refractivity contribution >= 4 is 31.6 Å². The van der Waals surface area contributed by atoms with Gasteiger partial charge in [-0.3, -0.25) is 4.79 Å². The summed E-state index contributed by atoms with van der Waals surface area (Å²) in [5, 5.41) is 2.64. The first-order chi connectivity index (χ1) is 13.6. The molecule has 12 heteroatoms. The molecule has 2 fully saturated rings. The van der Waals surface area contributed by atoms with Crippen LogP contribution < -0.4 is 10.1 Å². The lowest BCUT2D eigenvalue weighted by Crippen LogP contribution is -2.42. The quantitative estimate of drug-likeness (QED) is 0.655. The zero-order chi connectivity index (χ0) is 21.2. The van der Waals surface area contributed by atoms with Crippen molar-refractivity contribution in [3.63, 3.8) is 0 Å². The van der Waals surface area contributed by atoms with Crippen LogP contribution in [0.15, 0.2) is 23.1 Å². The lowest BCUT2D eigenvalue weighted by atomic mass is 10.2. The molecule has 1 aromatic rings. The van der Waals surface area contributed by atoms with E-state index in [0.717, 1.165) is 10.6 Å². The highest BCUT2D eigenvalue weighted by atomic mass is 32.2. The molecule has 1 aromatic carbocycles. The van der Waals surface area contributed by atoms with Crippen molar-refractivity contribution in [3.05, 3.63) is 18.2 Å². The zero-order valence-corrected chi connectivity index (χ0v) is 18.0. The predicted molar refractivity (Wildman–Crippen MR) is 106 cm³/mol. The minimum Gasteiger partial charge on any atom is -0.495 e. The number of methoxy groups -OCH3 is 1. The van der Waals surface area contributed by atoms with Crippen LogP contribution in [0.5, 0.6) is 5.75 Å². The third-order valence-corrected chi connectivity index (χ3v) is 8.16. The van der Waals surface area contributed by atoms with Crippen LogP contribution in [0.25, 0.3) is 0 Å². The van der Waals surface area contributed by atoms with Gasteiger partial charge in [-0.15, -0.1) is 0 Å². The summed E-state index contributed by atoms with van der Waals surface area (Å²) in [6.45, 7) is 1.36. The van der Waals surface area contributed by atoms with Gasteiger partial charge in [-0.2, -0.15) is 8.61 Å². The van der Waals surface area contributed by atoms with Gasteiger partial charge in [0.25, 0.3) is 0 Å². The van der Waals surface area contributed by atoms with Crippen LogP contribution in [0.3, 0.4) is 0 Å². The molecule has 0 unspecified atom stereocenters. The Balaban J connectivity index is 1.86. The van der Waals surface area contributed by atoms with E-state index in [2.05, 4.69) is 5.32 Å². The van der Waals surface area contributed by atoms with Crippen LogP contribution in [-0.2, 0) is 29.6 Å². The molecule has 162 valence electrons. The van der Waals surface area contributed by atoms with Gasteiger partial charge in [0.2, 0.25) is 26.0 Å². The molecule has 0 spiro atoms. The summed E-state index contributed by atoms with van der Waals surface area (Å²) in [6, 6.07) is 3.51. The van der Waals surface area contributed by atoms with Crippen molar-refractivity contribution < 1.29 is 31.1 Å². The predicted octanol–water partition coefficient (Wildman–Crippen LogP) is 0.0786. The maximum Gasteiger partial charge on any atom is 0.246 e. The number of amides is 1. The standard InChI is InChI=1S/C17H25N3O7S2/c1-26-15-6-5-13(12-16(15)29(24,25)19-8-10-27-11-9-19)18-17(21)14-4-3-7-20(14)28(2,22)23/h5-6,12,14H,3-4,7-11H2,1-2H3,(H,18,21)/t14-/m1/s1. The van der Waals surface area contributed by atoms with Gasteiger partial charge >= 0.3 is 0 Å². The molecular formula is C17H25N3O7S2. The Morgan fingerprint density at radius 3 is 2.48 bits per heavy atom. The molecule has 2 aliphatic rings. The second kappa shape index (κ2) is 8.56. The summed E-state index contributed by atoms with van der Waals surface area (Å²) in [4.78, 5) is 12.6. The third kappa shape index (κ3) is 4.72. The van der Waals surface area contributed by atoms with Crippen molar-refractivity contribution in [1.82, 2.24) is 8.61 Å². The highest BCUT2D eigenvalue weighted by Crippen LogP contribution is 2.31. The maximum atomic E-state index is 13.0. The number of hydrogen-bond donors (Lipinski definition) is 1. The number of anilines is 1. The van der Waals surface area contributed by atoms with E-state index < -0.39 is 32.0 Å². The fraction of sp³-hybridized carbons (Fsp3) is 0.588. The topological polar surface area (TPSA) is 122 Å². The summed E-state index contributed by atoms with van der Waals surface area (Å²) in [6.07, 6.45) is 2.07. The number of nitrogens with one attached hydrogen (secondary N) is 1. The first kappa shape index (κ1) is 22.0. The van der Waals surface area contributed by atoms with Crippen molar-refractivity contribution in [3.8, 4) is 5.75 Å². The van der Waals surface area contributed by atoms with Gasteiger partial charge in [-0.05, 0) is 31.0 Å².